The maximum Gasteiger partial charge on any atom is 0.244 e. The highest BCUT2D eigenvalue weighted by Gasteiger charge is 2.42. The number of carbonyl (C=O) groups excluding carboxylic acids is 1. The lowest BCUT2D eigenvalue weighted by atomic mass is 9.83. The number of likely N-dealkylation sites (tertiary alicyclic amines) is 1. The number of carbonyl (C=O) groups is 1. The predicted molar refractivity (Wildman–Crippen MR) is 101 cm³/mol. The van der Waals surface area contributed by atoms with E-state index in [4.69, 9.17) is 4.74 Å². The third kappa shape index (κ3) is 3.17. The molecule has 4 rings (SSSR count). The number of fused-ring (bicyclic) bond motifs is 1. The molecule has 0 saturated carbocycles. The molecule has 2 saturated heterocycles. The van der Waals surface area contributed by atoms with Crippen LogP contribution in [0.5, 0.6) is 0 Å². The molecule has 3 atom stereocenters. The first-order valence-electron chi connectivity index (χ1n) is 9.96. The van der Waals surface area contributed by atoms with Crippen molar-refractivity contribution < 1.29 is 14.6 Å². The van der Waals surface area contributed by atoms with Crippen LogP contribution in [0.25, 0.3) is 0 Å². The second-order valence-corrected chi connectivity index (χ2v) is 8.28. The highest BCUT2D eigenvalue weighted by atomic mass is 16.5. The van der Waals surface area contributed by atoms with Gasteiger partial charge in [-0.05, 0) is 51.2 Å². The fourth-order valence-corrected chi connectivity index (χ4v) is 4.93. The molecule has 1 aromatic rings. The zero-order valence-corrected chi connectivity index (χ0v) is 15.9. The Morgan fingerprint density at radius 2 is 2.04 bits per heavy atom. The van der Waals surface area contributed by atoms with Gasteiger partial charge in [0.05, 0.1) is 17.7 Å². The molecule has 1 aromatic carbocycles. The molecule has 5 nitrogen and oxygen atoms in total. The van der Waals surface area contributed by atoms with E-state index >= 15 is 0 Å². The van der Waals surface area contributed by atoms with Gasteiger partial charge in [-0.1, -0.05) is 18.2 Å². The highest BCUT2D eigenvalue weighted by molar-refractivity contribution is 5.99. The van der Waals surface area contributed by atoms with E-state index in [1.54, 1.807) is 0 Å². The van der Waals surface area contributed by atoms with Gasteiger partial charge in [0, 0.05) is 37.8 Å². The number of rotatable bonds is 2. The van der Waals surface area contributed by atoms with Gasteiger partial charge < -0.3 is 14.7 Å². The van der Waals surface area contributed by atoms with Crippen molar-refractivity contribution in [2.24, 2.45) is 0 Å². The maximum atomic E-state index is 13.3. The summed E-state index contributed by atoms with van der Waals surface area (Å²) in [6.45, 7) is 6.52. The van der Waals surface area contributed by atoms with Crippen molar-refractivity contribution in [3.63, 3.8) is 0 Å². The Kier molecular flexibility index (Phi) is 4.80. The van der Waals surface area contributed by atoms with Crippen LogP contribution in [-0.2, 0) is 16.0 Å². The van der Waals surface area contributed by atoms with E-state index < -0.39 is 0 Å². The zero-order valence-electron chi connectivity index (χ0n) is 15.9. The van der Waals surface area contributed by atoms with Gasteiger partial charge in [-0.2, -0.15) is 0 Å². The van der Waals surface area contributed by atoms with E-state index in [-0.39, 0.29) is 29.7 Å². The standard InChI is InChI=1S/C21H30N2O3/c1-15-13-17-5-3-4-6-19(17)23(15)20(25)16(2)22-10-8-21(9-11-22)14-18(24)7-12-26-21/h3-6,15-16,18,24H,7-14H2,1-2H3. The van der Waals surface area contributed by atoms with Crippen LogP contribution in [0.4, 0.5) is 5.69 Å². The van der Waals surface area contributed by atoms with Crippen LogP contribution in [0.3, 0.4) is 0 Å². The quantitative estimate of drug-likeness (QED) is 0.882. The van der Waals surface area contributed by atoms with Gasteiger partial charge in [-0.25, -0.2) is 0 Å². The lowest BCUT2D eigenvalue weighted by Crippen LogP contribution is -2.56. The summed E-state index contributed by atoms with van der Waals surface area (Å²) in [7, 11) is 0. The van der Waals surface area contributed by atoms with Gasteiger partial charge >= 0.3 is 0 Å². The third-order valence-electron chi connectivity index (χ3n) is 6.53. The first-order valence-corrected chi connectivity index (χ1v) is 9.96. The molecule has 0 radical (unpaired) electrons. The number of hydrogen-bond acceptors (Lipinski definition) is 4. The van der Waals surface area contributed by atoms with Crippen LogP contribution in [0.2, 0.25) is 0 Å². The molecule has 3 aliphatic rings. The molecule has 1 spiro atoms. The Bertz CT molecular complexity index is 669. The van der Waals surface area contributed by atoms with Crippen LogP contribution in [0.1, 0.15) is 45.1 Å². The second kappa shape index (κ2) is 6.95. The maximum absolute atomic E-state index is 13.3. The summed E-state index contributed by atoms with van der Waals surface area (Å²) < 4.78 is 6.05. The number of anilines is 1. The number of amides is 1. The van der Waals surface area contributed by atoms with Crippen molar-refractivity contribution in [3.05, 3.63) is 29.8 Å². The van der Waals surface area contributed by atoms with Crippen molar-refractivity contribution >= 4 is 11.6 Å². The average Bonchev–Trinajstić information content (AvgIpc) is 2.97. The largest absolute Gasteiger partial charge is 0.393 e. The Balaban J connectivity index is 1.42. The van der Waals surface area contributed by atoms with Gasteiger partial charge in [0.25, 0.3) is 0 Å². The molecule has 26 heavy (non-hydrogen) atoms. The van der Waals surface area contributed by atoms with Crippen molar-refractivity contribution in [2.75, 3.05) is 24.6 Å². The molecular formula is C21H30N2O3. The Hall–Kier alpha value is -1.43. The molecule has 5 heteroatoms. The lowest BCUT2D eigenvalue weighted by Gasteiger charge is -2.46. The topological polar surface area (TPSA) is 53.0 Å². The van der Waals surface area contributed by atoms with Gasteiger partial charge in [0.15, 0.2) is 0 Å². The monoisotopic (exact) mass is 358 g/mol. The number of aliphatic hydroxyl groups excluding tert-OH is 1. The van der Waals surface area contributed by atoms with Crippen LogP contribution in [0.15, 0.2) is 24.3 Å². The zero-order chi connectivity index (χ0) is 18.3. The number of ether oxygens (including phenoxy) is 1. The molecule has 1 N–H and O–H groups in total. The summed E-state index contributed by atoms with van der Waals surface area (Å²) in [6, 6.07) is 8.33. The average molecular weight is 358 g/mol. The summed E-state index contributed by atoms with van der Waals surface area (Å²) in [5, 5.41) is 10.0. The van der Waals surface area contributed by atoms with Crippen LogP contribution in [0, 0.1) is 0 Å². The van der Waals surface area contributed by atoms with Crippen LogP contribution in [-0.4, -0.2) is 59.4 Å². The summed E-state index contributed by atoms with van der Waals surface area (Å²) in [5.74, 6) is 0.197. The summed E-state index contributed by atoms with van der Waals surface area (Å²) >= 11 is 0. The minimum absolute atomic E-state index is 0.130. The van der Waals surface area contributed by atoms with E-state index in [1.807, 2.05) is 24.0 Å². The smallest absolute Gasteiger partial charge is 0.244 e. The molecule has 142 valence electrons. The number of para-hydroxylation sites is 1. The SMILES string of the molecule is CC(C(=O)N1c2ccccc2CC1C)N1CCC2(CC1)CC(O)CCO2. The van der Waals surface area contributed by atoms with E-state index in [0.29, 0.717) is 6.61 Å². The summed E-state index contributed by atoms with van der Waals surface area (Å²) in [6.07, 6.45) is 3.97. The molecule has 3 unspecified atom stereocenters. The minimum Gasteiger partial charge on any atom is -0.393 e. The van der Waals surface area contributed by atoms with Crippen LogP contribution < -0.4 is 4.90 Å². The first-order chi connectivity index (χ1) is 12.5. The molecule has 0 aliphatic carbocycles. The summed E-state index contributed by atoms with van der Waals surface area (Å²) in [4.78, 5) is 17.5. The lowest BCUT2D eigenvalue weighted by molar-refractivity contribution is -0.149. The highest BCUT2D eigenvalue weighted by Crippen LogP contribution is 2.37. The molecule has 2 fully saturated rings. The van der Waals surface area contributed by atoms with E-state index in [1.165, 1.54) is 5.56 Å². The Morgan fingerprint density at radius 3 is 2.77 bits per heavy atom. The number of hydrogen-bond donors (Lipinski definition) is 1. The molecule has 1 amide bonds. The number of benzene rings is 1. The normalized spacial score (nSPS) is 29.6. The van der Waals surface area contributed by atoms with Gasteiger partial charge in [-0.15, -0.1) is 0 Å². The Morgan fingerprint density at radius 1 is 1.31 bits per heavy atom. The van der Waals surface area contributed by atoms with Crippen LogP contribution >= 0.6 is 0 Å². The van der Waals surface area contributed by atoms with E-state index in [9.17, 15) is 9.90 Å². The van der Waals surface area contributed by atoms with Gasteiger partial charge in [0.2, 0.25) is 5.91 Å². The fraction of sp³-hybridized carbons (Fsp3) is 0.667. The van der Waals surface area contributed by atoms with Crippen molar-refractivity contribution in [3.8, 4) is 0 Å². The van der Waals surface area contributed by atoms with Crippen molar-refractivity contribution in [2.45, 2.75) is 69.7 Å². The number of piperidine rings is 1. The van der Waals surface area contributed by atoms with Crippen molar-refractivity contribution in [1.29, 1.82) is 0 Å². The third-order valence-corrected chi connectivity index (χ3v) is 6.53. The molecule has 3 aliphatic heterocycles. The van der Waals surface area contributed by atoms with E-state index in [0.717, 1.165) is 50.9 Å². The minimum atomic E-state index is -0.240. The predicted octanol–water partition coefficient (Wildman–Crippen LogP) is 2.36. The summed E-state index contributed by atoms with van der Waals surface area (Å²) in [5.41, 5.74) is 2.16. The molecule has 3 heterocycles. The molecular weight excluding hydrogens is 328 g/mol. The van der Waals surface area contributed by atoms with Crippen molar-refractivity contribution in [1.82, 2.24) is 4.90 Å². The van der Waals surface area contributed by atoms with E-state index in [2.05, 4.69) is 24.0 Å². The molecule has 0 bridgehead atoms. The first kappa shape index (κ1) is 18.0. The molecule has 0 aromatic heterocycles. The number of nitrogens with zero attached hydrogens (tertiary/aromatic N) is 2. The van der Waals surface area contributed by atoms with Gasteiger partial charge in [0.1, 0.15) is 0 Å². The second-order valence-electron chi connectivity index (χ2n) is 8.28. The van der Waals surface area contributed by atoms with Gasteiger partial charge in [-0.3, -0.25) is 9.69 Å². The Labute approximate surface area is 155 Å². The fourth-order valence-electron chi connectivity index (χ4n) is 4.93. The number of aliphatic hydroxyl groups is 1.